The number of carbonyl (C=O) groups excluding carboxylic acids is 1. The Morgan fingerprint density at radius 3 is 3.17 bits per heavy atom. The summed E-state index contributed by atoms with van der Waals surface area (Å²) < 4.78 is 2.01. The maximum atomic E-state index is 11.6. The first kappa shape index (κ1) is 14.7. The second-order valence-electron chi connectivity index (χ2n) is 5.96. The van der Waals surface area contributed by atoms with Gasteiger partial charge in [0.2, 0.25) is 5.91 Å². The SMILES string of the molecule is CC(=O)N1CCCn2nc(CNc3ncnc4[nH]ccc34)cc2C1. The Bertz CT molecular complexity index is 882. The lowest BCUT2D eigenvalue weighted by molar-refractivity contribution is -0.129. The number of nitrogens with one attached hydrogen (secondary N) is 2. The lowest BCUT2D eigenvalue weighted by Crippen LogP contribution is -2.28. The molecule has 24 heavy (non-hydrogen) atoms. The minimum absolute atomic E-state index is 0.111. The van der Waals surface area contributed by atoms with Gasteiger partial charge in [-0.05, 0) is 18.6 Å². The number of H-pyrrole nitrogens is 1. The Hall–Kier alpha value is -2.90. The van der Waals surface area contributed by atoms with E-state index in [9.17, 15) is 4.79 Å². The van der Waals surface area contributed by atoms with Crippen LogP contribution in [-0.4, -0.2) is 42.1 Å². The molecule has 0 saturated heterocycles. The minimum atomic E-state index is 0.111. The lowest BCUT2D eigenvalue weighted by atomic mass is 10.3. The van der Waals surface area contributed by atoms with Gasteiger partial charge < -0.3 is 15.2 Å². The Balaban J connectivity index is 1.51. The van der Waals surface area contributed by atoms with Gasteiger partial charge in [0, 0.05) is 26.2 Å². The topological polar surface area (TPSA) is 91.7 Å². The predicted molar refractivity (Wildman–Crippen MR) is 89.2 cm³/mol. The van der Waals surface area contributed by atoms with Crippen LogP contribution < -0.4 is 5.32 Å². The zero-order valence-corrected chi connectivity index (χ0v) is 13.5. The average Bonchev–Trinajstić information content (AvgIpc) is 3.15. The summed E-state index contributed by atoms with van der Waals surface area (Å²) in [6, 6.07) is 4.01. The zero-order valence-electron chi connectivity index (χ0n) is 13.5. The van der Waals surface area contributed by atoms with Gasteiger partial charge in [-0.2, -0.15) is 5.10 Å². The van der Waals surface area contributed by atoms with Crippen LogP contribution in [0.3, 0.4) is 0 Å². The number of carbonyl (C=O) groups is 1. The van der Waals surface area contributed by atoms with Crippen LogP contribution >= 0.6 is 0 Å². The molecule has 1 aliphatic rings. The number of rotatable bonds is 3. The number of aryl methyl sites for hydroxylation is 1. The molecule has 1 amide bonds. The third-order valence-corrected chi connectivity index (χ3v) is 4.30. The van der Waals surface area contributed by atoms with Crippen LogP contribution in [0.2, 0.25) is 0 Å². The summed E-state index contributed by atoms with van der Waals surface area (Å²) in [5, 5.41) is 8.93. The van der Waals surface area contributed by atoms with Crippen LogP contribution in [0.5, 0.6) is 0 Å². The van der Waals surface area contributed by atoms with Gasteiger partial charge in [0.1, 0.15) is 17.8 Å². The molecule has 0 atom stereocenters. The van der Waals surface area contributed by atoms with E-state index in [0.717, 1.165) is 47.7 Å². The van der Waals surface area contributed by atoms with Gasteiger partial charge in [-0.3, -0.25) is 9.48 Å². The summed E-state index contributed by atoms with van der Waals surface area (Å²) in [4.78, 5) is 25.1. The fraction of sp³-hybridized carbons (Fsp3) is 0.375. The van der Waals surface area contributed by atoms with E-state index in [1.165, 1.54) is 6.33 Å². The highest BCUT2D eigenvalue weighted by Crippen LogP contribution is 2.19. The zero-order chi connectivity index (χ0) is 16.5. The van der Waals surface area contributed by atoms with Gasteiger partial charge in [-0.25, -0.2) is 9.97 Å². The number of fused-ring (bicyclic) bond motifs is 2. The van der Waals surface area contributed by atoms with Gasteiger partial charge in [0.15, 0.2) is 0 Å². The third kappa shape index (κ3) is 2.70. The molecule has 4 heterocycles. The number of aromatic amines is 1. The molecule has 3 aromatic heterocycles. The molecule has 0 fully saturated rings. The molecule has 0 aromatic carbocycles. The second kappa shape index (κ2) is 5.95. The van der Waals surface area contributed by atoms with Crippen molar-refractivity contribution < 1.29 is 4.79 Å². The number of aromatic nitrogens is 5. The van der Waals surface area contributed by atoms with Gasteiger partial charge >= 0.3 is 0 Å². The molecular weight excluding hydrogens is 306 g/mol. The molecule has 0 saturated carbocycles. The van der Waals surface area contributed by atoms with Gasteiger partial charge in [-0.15, -0.1) is 0 Å². The minimum Gasteiger partial charge on any atom is -0.364 e. The van der Waals surface area contributed by atoms with Gasteiger partial charge in [-0.1, -0.05) is 0 Å². The van der Waals surface area contributed by atoms with Crippen molar-refractivity contribution in [1.82, 2.24) is 29.6 Å². The number of anilines is 1. The highest BCUT2D eigenvalue weighted by atomic mass is 16.2. The molecule has 0 spiro atoms. The summed E-state index contributed by atoms with van der Waals surface area (Å²) in [6.07, 6.45) is 4.31. The molecule has 0 bridgehead atoms. The van der Waals surface area contributed by atoms with E-state index >= 15 is 0 Å². The van der Waals surface area contributed by atoms with Crippen LogP contribution in [0, 0.1) is 0 Å². The van der Waals surface area contributed by atoms with Crippen LogP contribution in [0.1, 0.15) is 24.7 Å². The molecule has 3 aromatic rings. The maximum absolute atomic E-state index is 11.6. The average molecular weight is 325 g/mol. The van der Waals surface area contributed by atoms with Crippen molar-refractivity contribution in [2.45, 2.75) is 33.0 Å². The molecule has 1 aliphatic heterocycles. The molecule has 0 aliphatic carbocycles. The molecular formula is C16H19N7O. The number of hydrogen-bond donors (Lipinski definition) is 2. The van der Waals surface area contributed by atoms with Crippen molar-refractivity contribution in [1.29, 1.82) is 0 Å². The van der Waals surface area contributed by atoms with Crippen molar-refractivity contribution in [3.63, 3.8) is 0 Å². The summed E-state index contributed by atoms with van der Waals surface area (Å²) in [5.41, 5.74) is 2.83. The van der Waals surface area contributed by atoms with Crippen LogP contribution in [0.4, 0.5) is 5.82 Å². The highest BCUT2D eigenvalue weighted by Gasteiger charge is 2.18. The summed E-state index contributed by atoms with van der Waals surface area (Å²) in [5.74, 6) is 0.898. The van der Waals surface area contributed by atoms with E-state index in [1.54, 1.807) is 6.92 Å². The monoisotopic (exact) mass is 325 g/mol. The lowest BCUT2D eigenvalue weighted by Gasteiger charge is -2.17. The van der Waals surface area contributed by atoms with Crippen molar-refractivity contribution in [2.75, 3.05) is 11.9 Å². The molecule has 0 unspecified atom stereocenters. The van der Waals surface area contributed by atoms with E-state index in [-0.39, 0.29) is 5.91 Å². The first-order valence-electron chi connectivity index (χ1n) is 8.04. The first-order chi connectivity index (χ1) is 11.7. The smallest absolute Gasteiger partial charge is 0.219 e. The van der Waals surface area contributed by atoms with Crippen molar-refractivity contribution in [2.24, 2.45) is 0 Å². The standard InChI is InChI=1S/C16H19N7O/c1-11(24)22-5-2-6-23-13(9-22)7-12(21-23)8-18-16-14-3-4-17-15(14)19-10-20-16/h3-4,7,10H,2,5-6,8-9H2,1H3,(H2,17,18,19,20). The van der Waals surface area contributed by atoms with Crippen LogP contribution in [0.25, 0.3) is 11.0 Å². The second-order valence-corrected chi connectivity index (χ2v) is 5.96. The Kier molecular flexibility index (Phi) is 3.64. The molecule has 2 N–H and O–H groups in total. The summed E-state index contributed by atoms with van der Waals surface area (Å²) in [7, 11) is 0. The van der Waals surface area contributed by atoms with Crippen LogP contribution in [-0.2, 0) is 24.4 Å². The number of nitrogens with zero attached hydrogens (tertiary/aromatic N) is 5. The van der Waals surface area contributed by atoms with E-state index in [1.807, 2.05) is 21.8 Å². The Morgan fingerprint density at radius 2 is 2.29 bits per heavy atom. The quantitative estimate of drug-likeness (QED) is 0.762. The van der Waals surface area contributed by atoms with Gasteiger partial charge in [0.25, 0.3) is 0 Å². The van der Waals surface area contributed by atoms with E-state index in [4.69, 9.17) is 0 Å². The fourth-order valence-corrected chi connectivity index (χ4v) is 3.06. The van der Waals surface area contributed by atoms with Gasteiger partial charge in [0.05, 0.1) is 29.9 Å². The molecule has 4 rings (SSSR count). The normalized spacial score (nSPS) is 14.5. The number of hydrogen-bond acceptors (Lipinski definition) is 5. The third-order valence-electron chi connectivity index (χ3n) is 4.30. The Morgan fingerprint density at radius 1 is 1.38 bits per heavy atom. The summed E-state index contributed by atoms with van der Waals surface area (Å²) >= 11 is 0. The van der Waals surface area contributed by atoms with E-state index in [2.05, 4.69) is 31.4 Å². The van der Waals surface area contributed by atoms with E-state index < -0.39 is 0 Å². The molecule has 0 radical (unpaired) electrons. The van der Waals surface area contributed by atoms with Crippen molar-refractivity contribution in [3.05, 3.63) is 36.0 Å². The molecule has 124 valence electrons. The van der Waals surface area contributed by atoms with Crippen LogP contribution in [0.15, 0.2) is 24.7 Å². The van der Waals surface area contributed by atoms with Crippen molar-refractivity contribution >= 4 is 22.8 Å². The maximum Gasteiger partial charge on any atom is 0.219 e. The molecule has 8 heteroatoms. The Labute approximate surface area is 138 Å². The van der Waals surface area contributed by atoms with Crippen molar-refractivity contribution in [3.8, 4) is 0 Å². The molecule has 8 nitrogen and oxygen atoms in total. The highest BCUT2D eigenvalue weighted by molar-refractivity contribution is 5.86. The fourth-order valence-electron chi connectivity index (χ4n) is 3.06. The largest absolute Gasteiger partial charge is 0.364 e. The summed E-state index contributed by atoms with van der Waals surface area (Å²) in [6.45, 7) is 4.45. The first-order valence-corrected chi connectivity index (χ1v) is 8.04. The van der Waals surface area contributed by atoms with E-state index in [0.29, 0.717) is 13.1 Å². The number of amides is 1. The predicted octanol–water partition coefficient (Wildman–Crippen LogP) is 1.52.